The van der Waals surface area contributed by atoms with Gasteiger partial charge in [0.15, 0.2) is 17.2 Å². The average molecular weight is 540 g/mol. The number of ketones is 1. The summed E-state index contributed by atoms with van der Waals surface area (Å²) in [5.74, 6) is 0.334. The number of nitrogens with zero attached hydrogens (tertiary/aromatic N) is 4. The fourth-order valence-electron chi connectivity index (χ4n) is 4.25. The summed E-state index contributed by atoms with van der Waals surface area (Å²) in [7, 11) is 4.45. The number of fused-ring (bicyclic) bond motifs is 1. The average Bonchev–Trinajstić information content (AvgIpc) is 3.46. The standard InChI is InChI=1S/C29H25N5O6/c1-38-24-9-10-26(32-28(24)40-3)31-22-16-21(33-34-12-11-30-27(22)34)18-5-4-6-19(15-18)23(35)13-17-7-8-20(29(36)37)25(14-17)39-2/h4-12,14-16H,13H2,1-3H3,(H,31,32)(H,36,37). The third-order valence-corrected chi connectivity index (χ3v) is 6.20. The van der Waals surface area contributed by atoms with Crippen molar-refractivity contribution in [2.24, 2.45) is 0 Å². The molecule has 3 aromatic heterocycles. The summed E-state index contributed by atoms with van der Waals surface area (Å²) in [6.07, 6.45) is 3.45. The molecule has 2 aromatic carbocycles. The second-order valence-electron chi connectivity index (χ2n) is 8.69. The van der Waals surface area contributed by atoms with Gasteiger partial charge in [-0.25, -0.2) is 14.3 Å². The van der Waals surface area contributed by atoms with E-state index in [-0.39, 0.29) is 23.5 Å². The van der Waals surface area contributed by atoms with E-state index in [1.165, 1.54) is 20.3 Å². The summed E-state index contributed by atoms with van der Waals surface area (Å²) in [6, 6.07) is 17.1. The zero-order chi connectivity index (χ0) is 28.2. The van der Waals surface area contributed by atoms with Crippen LogP contribution in [0.5, 0.6) is 17.4 Å². The third-order valence-electron chi connectivity index (χ3n) is 6.20. The largest absolute Gasteiger partial charge is 0.496 e. The molecule has 0 bridgehead atoms. The molecule has 0 fully saturated rings. The molecule has 2 N–H and O–H groups in total. The maximum Gasteiger partial charge on any atom is 0.339 e. The van der Waals surface area contributed by atoms with E-state index in [9.17, 15) is 14.7 Å². The van der Waals surface area contributed by atoms with Crippen LogP contribution < -0.4 is 19.5 Å². The van der Waals surface area contributed by atoms with Gasteiger partial charge in [0.25, 0.3) is 5.88 Å². The fourth-order valence-corrected chi connectivity index (χ4v) is 4.25. The normalized spacial score (nSPS) is 10.8. The summed E-state index contributed by atoms with van der Waals surface area (Å²) < 4.78 is 17.4. The first kappa shape index (κ1) is 26.2. The molecule has 0 aliphatic heterocycles. The Morgan fingerprint density at radius 2 is 1.77 bits per heavy atom. The first-order valence-electron chi connectivity index (χ1n) is 12.1. The minimum Gasteiger partial charge on any atom is -0.496 e. The maximum atomic E-state index is 13.2. The predicted molar refractivity (Wildman–Crippen MR) is 147 cm³/mol. The van der Waals surface area contributed by atoms with Crippen molar-refractivity contribution >= 4 is 28.9 Å². The smallest absolute Gasteiger partial charge is 0.339 e. The number of anilines is 2. The number of aromatic carboxylic acids is 1. The van der Waals surface area contributed by atoms with Crippen LogP contribution in [0.15, 0.2) is 73.1 Å². The number of pyridine rings is 1. The number of carboxylic acid groups (broad SMARTS) is 1. The van der Waals surface area contributed by atoms with Crippen LogP contribution in [0.3, 0.4) is 0 Å². The quantitative estimate of drug-likeness (QED) is 0.241. The van der Waals surface area contributed by atoms with Gasteiger partial charge in [0.2, 0.25) is 0 Å². The van der Waals surface area contributed by atoms with Crippen LogP contribution in [0.4, 0.5) is 11.5 Å². The molecule has 202 valence electrons. The third kappa shape index (κ3) is 5.25. The molecule has 0 saturated carbocycles. The monoisotopic (exact) mass is 539 g/mol. The van der Waals surface area contributed by atoms with Gasteiger partial charge in [0.1, 0.15) is 17.1 Å². The summed E-state index contributed by atoms with van der Waals surface area (Å²) in [5, 5.41) is 17.2. The molecule has 0 atom stereocenters. The molecule has 5 rings (SSSR count). The lowest BCUT2D eigenvalue weighted by atomic mass is 9.99. The number of carbonyl (C=O) groups excluding carboxylic acids is 1. The van der Waals surface area contributed by atoms with Crippen LogP contribution >= 0.6 is 0 Å². The Morgan fingerprint density at radius 3 is 2.52 bits per heavy atom. The molecule has 5 aromatic rings. The lowest BCUT2D eigenvalue weighted by Gasteiger charge is -2.12. The molecule has 0 aliphatic carbocycles. The van der Waals surface area contributed by atoms with Crippen LogP contribution in [0.2, 0.25) is 0 Å². The van der Waals surface area contributed by atoms with Crippen molar-refractivity contribution in [3.63, 3.8) is 0 Å². The number of benzene rings is 2. The zero-order valence-corrected chi connectivity index (χ0v) is 21.9. The van der Waals surface area contributed by atoms with E-state index in [4.69, 9.17) is 14.2 Å². The highest BCUT2D eigenvalue weighted by atomic mass is 16.5. The number of rotatable bonds is 10. The molecule has 11 heteroatoms. The van der Waals surface area contributed by atoms with Crippen LogP contribution in [-0.4, -0.2) is 57.8 Å². The Labute approximate surface area is 229 Å². The Balaban J connectivity index is 1.44. The van der Waals surface area contributed by atoms with E-state index in [0.29, 0.717) is 45.6 Å². The molecule has 0 radical (unpaired) electrons. The number of carboxylic acids is 1. The van der Waals surface area contributed by atoms with Gasteiger partial charge in [-0.15, -0.1) is 0 Å². The molecule has 0 aliphatic rings. The van der Waals surface area contributed by atoms with E-state index < -0.39 is 5.97 Å². The number of Topliss-reactive ketones (excluding diaryl/α,β-unsaturated/α-hetero) is 1. The molecule has 0 unspecified atom stereocenters. The Bertz CT molecular complexity index is 1730. The number of aromatic nitrogens is 4. The summed E-state index contributed by atoms with van der Waals surface area (Å²) >= 11 is 0. The number of nitrogens with one attached hydrogen (secondary N) is 1. The van der Waals surface area contributed by atoms with Crippen LogP contribution in [0.1, 0.15) is 26.3 Å². The van der Waals surface area contributed by atoms with E-state index in [0.717, 1.165) is 5.56 Å². The van der Waals surface area contributed by atoms with Gasteiger partial charge in [0.05, 0.1) is 32.7 Å². The topological polar surface area (TPSA) is 137 Å². The first-order valence-corrected chi connectivity index (χ1v) is 12.1. The molecule has 11 nitrogen and oxygen atoms in total. The van der Waals surface area contributed by atoms with Gasteiger partial charge in [-0.1, -0.05) is 24.3 Å². The number of hydrogen-bond acceptors (Lipinski definition) is 9. The summed E-state index contributed by atoms with van der Waals surface area (Å²) in [4.78, 5) is 33.4. The highest BCUT2D eigenvalue weighted by molar-refractivity contribution is 5.99. The molecule has 3 heterocycles. The number of methoxy groups -OCH3 is 3. The van der Waals surface area contributed by atoms with Gasteiger partial charge in [0, 0.05) is 29.9 Å². The second kappa shape index (κ2) is 11.1. The summed E-state index contributed by atoms with van der Waals surface area (Å²) in [6.45, 7) is 0. The Morgan fingerprint density at radius 1 is 0.950 bits per heavy atom. The minimum absolute atomic E-state index is 0.0364. The summed E-state index contributed by atoms with van der Waals surface area (Å²) in [5.41, 5.74) is 3.74. The predicted octanol–water partition coefficient (Wildman–Crippen LogP) is 4.68. The van der Waals surface area contributed by atoms with Gasteiger partial charge < -0.3 is 24.6 Å². The Kier molecular flexibility index (Phi) is 7.27. The van der Waals surface area contributed by atoms with E-state index in [1.54, 1.807) is 66.5 Å². The number of carbonyl (C=O) groups is 2. The number of imidazole rings is 1. The molecule has 0 spiro atoms. The molecular weight excluding hydrogens is 514 g/mol. The Hall–Kier alpha value is -5.45. The highest BCUT2D eigenvalue weighted by Gasteiger charge is 2.16. The van der Waals surface area contributed by atoms with Crippen molar-refractivity contribution in [1.82, 2.24) is 19.6 Å². The van der Waals surface area contributed by atoms with Gasteiger partial charge in [-0.3, -0.25) is 4.79 Å². The molecular formula is C29H25N5O6. The lowest BCUT2D eigenvalue weighted by molar-refractivity contribution is 0.0693. The van der Waals surface area contributed by atoms with Crippen molar-refractivity contribution in [3.05, 3.63) is 89.7 Å². The van der Waals surface area contributed by atoms with Gasteiger partial charge in [-0.05, 0) is 42.0 Å². The maximum absolute atomic E-state index is 13.2. The molecule has 40 heavy (non-hydrogen) atoms. The molecule has 0 amide bonds. The van der Waals surface area contributed by atoms with Crippen LogP contribution in [-0.2, 0) is 6.42 Å². The lowest BCUT2D eigenvalue weighted by Crippen LogP contribution is -2.06. The highest BCUT2D eigenvalue weighted by Crippen LogP contribution is 2.30. The van der Waals surface area contributed by atoms with Crippen molar-refractivity contribution in [2.75, 3.05) is 26.6 Å². The van der Waals surface area contributed by atoms with Crippen molar-refractivity contribution in [1.29, 1.82) is 0 Å². The SMILES string of the molecule is COc1cc(CC(=O)c2cccc(-c3cc(Nc4ccc(OC)c(OC)n4)c4nccn4n3)c2)ccc1C(=O)O. The first-order chi connectivity index (χ1) is 19.4. The van der Waals surface area contributed by atoms with Crippen molar-refractivity contribution < 1.29 is 28.9 Å². The van der Waals surface area contributed by atoms with Crippen molar-refractivity contribution in [3.8, 4) is 28.6 Å². The van der Waals surface area contributed by atoms with Crippen LogP contribution in [0, 0.1) is 0 Å². The van der Waals surface area contributed by atoms with E-state index in [1.807, 2.05) is 12.1 Å². The second-order valence-corrected chi connectivity index (χ2v) is 8.69. The number of ether oxygens (including phenoxy) is 3. The van der Waals surface area contributed by atoms with Gasteiger partial charge in [-0.2, -0.15) is 10.1 Å². The molecule has 0 saturated heterocycles. The number of hydrogen-bond donors (Lipinski definition) is 2. The zero-order valence-electron chi connectivity index (χ0n) is 21.9. The van der Waals surface area contributed by atoms with Gasteiger partial charge >= 0.3 is 5.97 Å². The van der Waals surface area contributed by atoms with E-state index in [2.05, 4.69) is 20.4 Å². The van der Waals surface area contributed by atoms with Crippen molar-refractivity contribution in [2.45, 2.75) is 6.42 Å². The fraction of sp³-hybridized carbons (Fsp3) is 0.138. The van der Waals surface area contributed by atoms with E-state index >= 15 is 0 Å². The minimum atomic E-state index is -1.10. The van der Waals surface area contributed by atoms with Crippen LogP contribution in [0.25, 0.3) is 16.9 Å².